The zero-order valence-electron chi connectivity index (χ0n) is 12.7. The second-order valence-corrected chi connectivity index (χ2v) is 6.46. The zero-order chi connectivity index (χ0) is 16.0. The summed E-state index contributed by atoms with van der Waals surface area (Å²) in [5, 5.41) is 5.15. The number of amides is 2. The maximum absolute atomic E-state index is 11.9. The summed E-state index contributed by atoms with van der Waals surface area (Å²) >= 11 is 3.44. The predicted octanol–water partition coefficient (Wildman–Crippen LogP) is 2.63. The largest absolute Gasteiger partial charge is 0.444 e. The van der Waals surface area contributed by atoms with Crippen LogP contribution in [0.25, 0.3) is 0 Å². The van der Waals surface area contributed by atoms with E-state index in [-0.39, 0.29) is 5.91 Å². The minimum atomic E-state index is -0.691. The molecule has 0 aliphatic carbocycles. The fraction of sp³-hybridized carbons (Fsp3) is 0.467. The summed E-state index contributed by atoms with van der Waals surface area (Å²) in [4.78, 5) is 23.8. The van der Waals surface area contributed by atoms with Gasteiger partial charge in [0.2, 0.25) is 5.91 Å². The number of benzene rings is 1. The van der Waals surface area contributed by atoms with E-state index in [1.807, 2.05) is 24.3 Å². The number of carbonyl (C=O) groups excluding carboxylic acids is 2. The normalized spacial score (nSPS) is 12.4. The first-order chi connectivity index (χ1) is 9.73. The highest BCUT2D eigenvalue weighted by Crippen LogP contribution is 2.18. The summed E-state index contributed by atoms with van der Waals surface area (Å²) in [7, 11) is 1.53. The van der Waals surface area contributed by atoms with Crippen molar-refractivity contribution in [3.8, 4) is 0 Å². The second-order valence-electron chi connectivity index (χ2n) is 5.61. The SMILES string of the molecule is CNC(=O)[C@H](Cc1ccccc1Br)NC(=O)OC(C)(C)C. The van der Waals surface area contributed by atoms with Gasteiger partial charge in [-0.15, -0.1) is 0 Å². The Morgan fingerprint density at radius 3 is 2.43 bits per heavy atom. The minimum absolute atomic E-state index is 0.267. The summed E-state index contributed by atoms with van der Waals surface area (Å²) in [6.45, 7) is 5.32. The molecular formula is C15H21BrN2O3. The van der Waals surface area contributed by atoms with Crippen molar-refractivity contribution < 1.29 is 14.3 Å². The summed E-state index contributed by atoms with van der Waals surface area (Å²) in [6.07, 6.45) is -0.233. The van der Waals surface area contributed by atoms with Crippen LogP contribution in [0.3, 0.4) is 0 Å². The molecule has 0 saturated heterocycles. The zero-order valence-corrected chi connectivity index (χ0v) is 14.3. The van der Waals surface area contributed by atoms with Crippen molar-refractivity contribution in [1.82, 2.24) is 10.6 Å². The van der Waals surface area contributed by atoms with Gasteiger partial charge in [0.05, 0.1) is 0 Å². The number of hydrogen-bond acceptors (Lipinski definition) is 3. The molecule has 1 aromatic carbocycles. The van der Waals surface area contributed by atoms with Crippen LogP contribution in [-0.4, -0.2) is 30.7 Å². The summed E-state index contributed by atoms with van der Waals surface area (Å²) in [5.41, 5.74) is 0.326. The Hall–Kier alpha value is -1.56. The number of rotatable bonds is 4. The molecule has 1 aromatic rings. The van der Waals surface area contributed by atoms with Crippen LogP contribution in [0.1, 0.15) is 26.3 Å². The topological polar surface area (TPSA) is 67.4 Å². The average Bonchev–Trinajstić information content (AvgIpc) is 2.37. The lowest BCUT2D eigenvalue weighted by atomic mass is 10.1. The van der Waals surface area contributed by atoms with Gasteiger partial charge in [-0.2, -0.15) is 0 Å². The fourth-order valence-corrected chi connectivity index (χ4v) is 2.16. The molecular weight excluding hydrogens is 336 g/mol. The number of halogens is 1. The molecule has 2 N–H and O–H groups in total. The van der Waals surface area contributed by atoms with E-state index < -0.39 is 17.7 Å². The number of likely N-dealkylation sites (N-methyl/N-ethyl adjacent to an activating group) is 1. The van der Waals surface area contributed by atoms with Crippen LogP contribution >= 0.6 is 15.9 Å². The smallest absolute Gasteiger partial charge is 0.408 e. The first-order valence-electron chi connectivity index (χ1n) is 6.67. The molecule has 1 atom stereocenters. The standard InChI is InChI=1S/C15H21BrN2O3/c1-15(2,3)21-14(20)18-12(13(19)17-4)9-10-7-5-6-8-11(10)16/h5-8,12H,9H2,1-4H3,(H,17,19)(H,18,20)/t12-/m0/s1. The van der Waals surface area contributed by atoms with Crippen molar-refractivity contribution >= 4 is 27.9 Å². The molecule has 0 aliphatic rings. The molecule has 1 rings (SSSR count). The number of nitrogens with one attached hydrogen (secondary N) is 2. The molecule has 116 valence electrons. The molecule has 2 amide bonds. The maximum Gasteiger partial charge on any atom is 0.408 e. The van der Waals surface area contributed by atoms with Gasteiger partial charge >= 0.3 is 6.09 Å². The van der Waals surface area contributed by atoms with Gasteiger partial charge in [0.1, 0.15) is 11.6 Å². The molecule has 5 nitrogen and oxygen atoms in total. The Morgan fingerprint density at radius 1 is 1.29 bits per heavy atom. The van der Waals surface area contributed by atoms with E-state index in [0.29, 0.717) is 6.42 Å². The highest BCUT2D eigenvalue weighted by atomic mass is 79.9. The van der Waals surface area contributed by atoms with E-state index in [2.05, 4.69) is 26.6 Å². The van der Waals surface area contributed by atoms with E-state index in [4.69, 9.17) is 4.74 Å². The van der Waals surface area contributed by atoms with Crippen LogP contribution in [0.4, 0.5) is 4.79 Å². The monoisotopic (exact) mass is 356 g/mol. The van der Waals surface area contributed by atoms with Crippen LogP contribution in [0.2, 0.25) is 0 Å². The first kappa shape index (κ1) is 17.5. The van der Waals surface area contributed by atoms with Gasteiger partial charge in [-0.25, -0.2) is 4.79 Å². The molecule has 0 aliphatic heterocycles. The van der Waals surface area contributed by atoms with Gasteiger partial charge in [-0.3, -0.25) is 4.79 Å². The molecule has 21 heavy (non-hydrogen) atoms. The van der Waals surface area contributed by atoms with Gasteiger partial charge in [-0.05, 0) is 32.4 Å². The van der Waals surface area contributed by atoms with Crippen molar-refractivity contribution in [2.75, 3.05) is 7.05 Å². The van der Waals surface area contributed by atoms with E-state index >= 15 is 0 Å². The van der Waals surface area contributed by atoms with Gasteiger partial charge in [0.15, 0.2) is 0 Å². The second kappa shape index (κ2) is 7.45. The Balaban J connectivity index is 2.80. The van der Waals surface area contributed by atoms with Crippen molar-refractivity contribution in [1.29, 1.82) is 0 Å². The number of hydrogen-bond donors (Lipinski definition) is 2. The Morgan fingerprint density at radius 2 is 1.90 bits per heavy atom. The van der Waals surface area contributed by atoms with Crippen LogP contribution in [0, 0.1) is 0 Å². The number of ether oxygens (including phenoxy) is 1. The van der Waals surface area contributed by atoms with E-state index in [1.54, 1.807) is 20.8 Å². The fourth-order valence-electron chi connectivity index (χ4n) is 1.72. The van der Waals surface area contributed by atoms with Gasteiger partial charge in [-0.1, -0.05) is 34.1 Å². The molecule has 0 unspecified atom stereocenters. The van der Waals surface area contributed by atoms with Gasteiger partial charge in [0, 0.05) is 17.9 Å². The van der Waals surface area contributed by atoms with Crippen LogP contribution in [-0.2, 0) is 16.0 Å². The van der Waals surface area contributed by atoms with Crippen molar-refractivity contribution in [3.63, 3.8) is 0 Å². The predicted molar refractivity (Wildman–Crippen MR) is 85.1 cm³/mol. The number of carbonyl (C=O) groups is 2. The molecule has 0 heterocycles. The highest BCUT2D eigenvalue weighted by molar-refractivity contribution is 9.10. The molecule has 0 saturated carbocycles. The maximum atomic E-state index is 11.9. The van der Waals surface area contributed by atoms with E-state index in [1.165, 1.54) is 7.05 Å². The molecule has 6 heteroatoms. The van der Waals surface area contributed by atoms with Crippen molar-refractivity contribution in [3.05, 3.63) is 34.3 Å². The first-order valence-corrected chi connectivity index (χ1v) is 7.46. The average molecular weight is 357 g/mol. The van der Waals surface area contributed by atoms with Gasteiger partial charge < -0.3 is 15.4 Å². The lowest BCUT2D eigenvalue weighted by Crippen LogP contribution is -2.48. The molecule has 0 spiro atoms. The third-order valence-electron chi connectivity index (χ3n) is 2.64. The lowest BCUT2D eigenvalue weighted by molar-refractivity contribution is -0.122. The van der Waals surface area contributed by atoms with Crippen LogP contribution < -0.4 is 10.6 Å². The van der Waals surface area contributed by atoms with Crippen LogP contribution in [0.5, 0.6) is 0 Å². The molecule has 0 bridgehead atoms. The van der Waals surface area contributed by atoms with Gasteiger partial charge in [0.25, 0.3) is 0 Å². The third kappa shape index (κ3) is 6.16. The lowest BCUT2D eigenvalue weighted by Gasteiger charge is -2.23. The summed E-state index contributed by atoms with van der Waals surface area (Å²) in [6, 6.07) is 6.88. The minimum Gasteiger partial charge on any atom is -0.444 e. The summed E-state index contributed by atoms with van der Waals surface area (Å²) in [5.74, 6) is -0.267. The molecule has 0 fully saturated rings. The summed E-state index contributed by atoms with van der Waals surface area (Å²) < 4.78 is 6.08. The van der Waals surface area contributed by atoms with Crippen molar-refractivity contribution in [2.24, 2.45) is 0 Å². The quantitative estimate of drug-likeness (QED) is 0.871. The number of alkyl carbamates (subject to hydrolysis) is 1. The van der Waals surface area contributed by atoms with E-state index in [0.717, 1.165) is 10.0 Å². The molecule has 0 radical (unpaired) electrons. The highest BCUT2D eigenvalue weighted by Gasteiger charge is 2.24. The Labute approximate surface area is 133 Å². The Bertz CT molecular complexity index is 512. The van der Waals surface area contributed by atoms with Crippen molar-refractivity contribution in [2.45, 2.75) is 38.8 Å². The van der Waals surface area contributed by atoms with E-state index in [9.17, 15) is 9.59 Å². The Kier molecular flexibility index (Phi) is 6.20. The van der Waals surface area contributed by atoms with Crippen LogP contribution in [0.15, 0.2) is 28.7 Å². The molecule has 0 aromatic heterocycles. The third-order valence-corrected chi connectivity index (χ3v) is 3.41.